The minimum Gasteiger partial charge on any atom is -0.493 e. The smallest absolute Gasteiger partial charge is 0.122 e. The molecule has 0 saturated heterocycles. The van der Waals surface area contributed by atoms with Crippen molar-refractivity contribution in [2.45, 2.75) is 32.2 Å². The van der Waals surface area contributed by atoms with Crippen LogP contribution in [-0.4, -0.2) is 24.2 Å². The van der Waals surface area contributed by atoms with Gasteiger partial charge in [-0.1, -0.05) is 19.1 Å². The van der Waals surface area contributed by atoms with Crippen molar-refractivity contribution in [1.82, 2.24) is 5.43 Å². The molecule has 0 radical (unpaired) electrons. The Morgan fingerprint density at radius 2 is 2.39 bits per heavy atom. The Balaban J connectivity index is 1.85. The summed E-state index contributed by atoms with van der Waals surface area (Å²) in [6, 6.07) is 6.95. The molecule has 3 N–H and O–H groups in total. The van der Waals surface area contributed by atoms with Gasteiger partial charge in [-0.25, -0.2) is 0 Å². The maximum atomic E-state index is 5.58. The summed E-state index contributed by atoms with van der Waals surface area (Å²) in [5.41, 5.74) is 5.66. The van der Waals surface area contributed by atoms with Gasteiger partial charge in [0, 0.05) is 18.2 Å². The monoisotopic (exact) mass is 266 g/mol. The molecule has 1 aromatic rings. The second-order valence-electron chi connectivity index (χ2n) is 4.60. The lowest BCUT2D eigenvalue weighted by Gasteiger charge is -2.15. The van der Waals surface area contributed by atoms with Crippen molar-refractivity contribution in [2.24, 2.45) is 5.84 Å². The lowest BCUT2D eigenvalue weighted by atomic mass is 10.0. The minimum absolute atomic E-state index is 0.402. The van der Waals surface area contributed by atoms with Crippen LogP contribution in [0.3, 0.4) is 0 Å². The molecule has 1 aromatic carbocycles. The number of thioether (sulfide) groups is 1. The molecule has 1 aliphatic rings. The van der Waals surface area contributed by atoms with Crippen molar-refractivity contribution in [2.75, 3.05) is 18.1 Å². The van der Waals surface area contributed by atoms with Crippen molar-refractivity contribution in [1.29, 1.82) is 0 Å². The lowest BCUT2D eigenvalue weighted by molar-refractivity contribution is 0.357. The van der Waals surface area contributed by atoms with Gasteiger partial charge < -0.3 is 4.74 Å². The molecule has 18 heavy (non-hydrogen) atoms. The van der Waals surface area contributed by atoms with Crippen LogP contribution in [0.5, 0.6) is 5.75 Å². The highest BCUT2D eigenvalue weighted by Gasteiger charge is 2.13. The third kappa shape index (κ3) is 3.64. The highest BCUT2D eigenvalue weighted by atomic mass is 32.2. The van der Waals surface area contributed by atoms with E-state index in [1.54, 1.807) is 0 Å². The van der Waals surface area contributed by atoms with Gasteiger partial charge >= 0.3 is 0 Å². The molecule has 1 atom stereocenters. The Morgan fingerprint density at radius 3 is 3.17 bits per heavy atom. The predicted molar refractivity (Wildman–Crippen MR) is 78.1 cm³/mol. The van der Waals surface area contributed by atoms with E-state index in [0.717, 1.165) is 43.1 Å². The second-order valence-corrected chi connectivity index (χ2v) is 5.92. The van der Waals surface area contributed by atoms with Crippen molar-refractivity contribution < 1.29 is 4.74 Å². The van der Waals surface area contributed by atoms with Gasteiger partial charge in [0.2, 0.25) is 0 Å². The molecule has 100 valence electrons. The summed E-state index contributed by atoms with van der Waals surface area (Å²) in [5, 5.41) is 0. The standard InChI is InChI=1S/C14H22N2OS/c1-2-18-10-13(16-15)5-3-11-4-6-14-12(9-11)7-8-17-14/h4,6,9,13,16H,2-3,5,7-8,10,15H2,1H3. The number of nitrogens with one attached hydrogen (secondary N) is 1. The van der Waals surface area contributed by atoms with E-state index in [4.69, 9.17) is 10.6 Å². The molecule has 3 nitrogen and oxygen atoms in total. The maximum Gasteiger partial charge on any atom is 0.122 e. The van der Waals surface area contributed by atoms with Gasteiger partial charge in [-0.2, -0.15) is 11.8 Å². The molecule has 1 aliphatic heterocycles. The third-order valence-corrected chi connectivity index (χ3v) is 4.34. The van der Waals surface area contributed by atoms with E-state index in [-0.39, 0.29) is 0 Å². The van der Waals surface area contributed by atoms with Crippen molar-refractivity contribution in [3.8, 4) is 5.75 Å². The minimum atomic E-state index is 0.402. The number of rotatable bonds is 7. The molecule has 0 spiro atoms. The van der Waals surface area contributed by atoms with Gasteiger partial charge in [-0.3, -0.25) is 11.3 Å². The van der Waals surface area contributed by atoms with E-state index in [1.165, 1.54) is 11.1 Å². The third-order valence-electron chi connectivity index (χ3n) is 3.29. The molecule has 0 fully saturated rings. The van der Waals surface area contributed by atoms with Gasteiger partial charge in [-0.15, -0.1) is 0 Å². The Kier molecular flexibility index (Phi) is 5.35. The van der Waals surface area contributed by atoms with Crippen LogP contribution in [0.2, 0.25) is 0 Å². The highest BCUT2D eigenvalue weighted by molar-refractivity contribution is 7.99. The molecule has 0 bridgehead atoms. The Morgan fingerprint density at radius 1 is 1.50 bits per heavy atom. The molecule has 0 aliphatic carbocycles. The van der Waals surface area contributed by atoms with E-state index >= 15 is 0 Å². The van der Waals surface area contributed by atoms with E-state index in [0.29, 0.717) is 6.04 Å². The summed E-state index contributed by atoms with van der Waals surface area (Å²) in [5.74, 6) is 8.88. The fourth-order valence-corrected chi connectivity index (χ4v) is 2.99. The topological polar surface area (TPSA) is 47.3 Å². The van der Waals surface area contributed by atoms with E-state index in [9.17, 15) is 0 Å². The molecule has 2 rings (SSSR count). The van der Waals surface area contributed by atoms with Crippen LogP contribution in [0, 0.1) is 0 Å². The zero-order chi connectivity index (χ0) is 12.8. The summed E-state index contributed by atoms with van der Waals surface area (Å²) in [6.07, 6.45) is 3.21. The number of ether oxygens (including phenoxy) is 1. The number of hydrogen-bond donors (Lipinski definition) is 2. The largest absolute Gasteiger partial charge is 0.493 e. The Bertz CT molecular complexity index is 384. The Hall–Kier alpha value is -0.710. The van der Waals surface area contributed by atoms with Crippen LogP contribution >= 0.6 is 11.8 Å². The van der Waals surface area contributed by atoms with Crippen molar-refractivity contribution in [3.05, 3.63) is 29.3 Å². The van der Waals surface area contributed by atoms with Crippen LogP contribution in [-0.2, 0) is 12.8 Å². The number of aryl methyl sites for hydroxylation is 1. The molecular weight excluding hydrogens is 244 g/mol. The zero-order valence-corrected chi connectivity index (χ0v) is 11.8. The van der Waals surface area contributed by atoms with E-state index < -0.39 is 0 Å². The molecular formula is C14H22N2OS. The fourth-order valence-electron chi connectivity index (χ4n) is 2.21. The van der Waals surface area contributed by atoms with Gasteiger partial charge in [0.15, 0.2) is 0 Å². The van der Waals surface area contributed by atoms with Gasteiger partial charge in [0.05, 0.1) is 6.61 Å². The number of nitrogens with two attached hydrogens (primary N) is 1. The normalized spacial score (nSPS) is 15.2. The van der Waals surface area contributed by atoms with Gasteiger partial charge in [0.1, 0.15) is 5.75 Å². The van der Waals surface area contributed by atoms with Crippen LogP contribution in [0.15, 0.2) is 18.2 Å². The average Bonchev–Trinajstić information content (AvgIpc) is 2.86. The first kappa shape index (κ1) is 13.7. The van der Waals surface area contributed by atoms with Crippen LogP contribution < -0.4 is 16.0 Å². The SMILES string of the molecule is CCSCC(CCc1ccc2c(c1)CCO2)NN. The van der Waals surface area contributed by atoms with E-state index in [2.05, 4.69) is 30.5 Å². The molecule has 0 saturated carbocycles. The first-order valence-electron chi connectivity index (χ1n) is 6.62. The fraction of sp³-hybridized carbons (Fsp3) is 0.571. The first-order valence-corrected chi connectivity index (χ1v) is 7.77. The van der Waals surface area contributed by atoms with Crippen molar-refractivity contribution in [3.63, 3.8) is 0 Å². The number of hydrazine groups is 1. The van der Waals surface area contributed by atoms with Crippen molar-refractivity contribution >= 4 is 11.8 Å². The Labute approximate surface area is 113 Å². The molecule has 0 amide bonds. The highest BCUT2D eigenvalue weighted by Crippen LogP contribution is 2.26. The summed E-state index contributed by atoms with van der Waals surface area (Å²) in [7, 11) is 0. The number of hydrogen-bond acceptors (Lipinski definition) is 4. The average molecular weight is 266 g/mol. The quantitative estimate of drug-likeness (QED) is 0.586. The predicted octanol–water partition coefficient (Wildman–Crippen LogP) is 2.14. The summed E-state index contributed by atoms with van der Waals surface area (Å²) in [4.78, 5) is 0. The molecule has 1 unspecified atom stereocenters. The van der Waals surface area contributed by atoms with Gasteiger partial charge in [0.25, 0.3) is 0 Å². The van der Waals surface area contributed by atoms with Crippen LogP contribution in [0.1, 0.15) is 24.5 Å². The maximum absolute atomic E-state index is 5.58. The summed E-state index contributed by atoms with van der Waals surface area (Å²) < 4.78 is 5.52. The zero-order valence-electron chi connectivity index (χ0n) is 10.9. The lowest BCUT2D eigenvalue weighted by Crippen LogP contribution is -2.37. The second kappa shape index (κ2) is 7.02. The van der Waals surface area contributed by atoms with Crippen LogP contribution in [0.4, 0.5) is 0 Å². The first-order chi connectivity index (χ1) is 8.83. The summed E-state index contributed by atoms with van der Waals surface area (Å²) in [6.45, 7) is 3.01. The molecule has 0 aromatic heterocycles. The number of benzene rings is 1. The molecule has 1 heterocycles. The van der Waals surface area contributed by atoms with E-state index in [1.807, 2.05) is 11.8 Å². The van der Waals surface area contributed by atoms with Gasteiger partial charge in [-0.05, 0) is 35.8 Å². The molecule has 4 heteroatoms. The number of fused-ring (bicyclic) bond motifs is 1. The summed E-state index contributed by atoms with van der Waals surface area (Å²) >= 11 is 1.93. The van der Waals surface area contributed by atoms with Crippen LogP contribution in [0.25, 0.3) is 0 Å².